The Kier molecular flexibility index (Phi) is 3.16. The maximum atomic E-state index is 12.3. The van der Waals surface area contributed by atoms with Gasteiger partial charge < -0.3 is 10.2 Å². The van der Waals surface area contributed by atoms with Crippen LogP contribution in [0.15, 0.2) is 10.8 Å². The van der Waals surface area contributed by atoms with Crippen molar-refractivity contribution in [3.8, 4) is 5.75 Å². The molecule has 0 radical (unpaired) electrons. The lowest BCUT2D eigenvalue weighted by molar-refractivity contribution is 0.142. The Bertz CT molecular complexity index is 320. The molecule has 0 aliphatic heterocycles. The molecule has 2 N–H and O–H groups in total. The zero-order chi connectivity index (χ0) is 10.0. The third-order valence-electron chi connectivity index (χ3n) is 1.52. The Labute approximate surface area is 81.2 Å². The van der Waals surface area contributed by atoms with E-state index in [4.69, 9.17) is 5.11 Å². The van der Waals surface area contributed by atoms with E-state index < -0.39 is 24.3 Å². The molecule has 0 saturated heterocycles. The van der Waals surface area contributed by atoms with Crippen LogP contribution in [0.5, 0.6) is 5.75 Å². The molecule has 0 bridgehead atoms. The second-order valence-electron chi connectivity index (χ2n) is 2.30. The number of hydrogen-bond donors (Lipinski definition) is 2. The summed E-state index contributed by atoms with van der Waals surface area (Å²) >= 11 is 2.80. The number of aromatic nitrogens is 1. The monoisotopic (exact) mass is 253 g/mol. The lowest BCUT2D eigenvalue weighted by Gasteiger charge is -2.08. The van der Waals surface area contributed by atoms with Crippen LogP contribution in [0.1, 0.15) is 17.6 Å². The lowest BCUT2D eigenvalue weighted by atomic mass is 10.1. The van der Waals surface area contributed by atoms with Crippen LogP contribution in [0.25, 0.3) is 0 Å². The van der Waals surface area contributed by atoms with Crippen molar-refractivity contribution >= 4 is 15.9 Å². The van der Waals surface area contributed by atoms with E-state index in [1.807, 2.05) is 0 Å². The topological polar surface area (TPSA) is 53.4 Å². The van der Waals surface area contributed by atoms with E-state index >= 15 is 0 Å². The standard InChI is InChI=1S/C7H6BrF2NO2/c8-6-5(13)4(7(9)10)3(2-12)1-11-6/h1,7,12-13H,2H2. The molecule has 0 aliphatic carbocycles. The Morgan fingerprint density at radius 2 is 2.15 bits per heavy atom. The largest absolute Gasteiger partial charge is 0.505 e. The van der Waals surface area contributed by atoms with Gasteiger partial charge in [-0.25, -0.2) is 13.8 Å². The predicted octanol–water partition coefficient (Wildman–Crippen LogP) is 1.98. The van der Waals surface area contributed by atoms with E-state index in [1.54, 1.807) is 0 Å². The molecule has 1 aromatic heterocycles. The summed E-state index contributed by atoms with van der Waals surface area (Å²) < 4.78 is 24.6. The number of aromatic hydroxyl groups is 1. The van der Waals surface area contributed by atoms with Crippen molar-refractivity contribution in [3.63, 3.8) is 0 Å². The molecule has 0 fully saturated rings. The Hall–Kier alpha value is -0.750. The van der Waals surface area contributed by atoms with Gasteiger partial charge in [0.05, 0.1) is 12.2 Å². The SMILES string of the molecule is OCc1cnc(Br)c(O)c1C(F)F. The van der Waals surface area contributed by atoms with Crippen molar-refractivity contribution in [3.05, 3.63) is 21.9 Å². The Morgan fingerprint density at radius 1 is 1.54 bits per heavy atom. The Balaban J connectivity index is 3.32. The summed E-state index contributed by atoms with van der Waals surface area (Å²) in [6.45, 7) is -0.576. The first-order chi connectivity index (χ1) is 6.07. The maximum absolute atomic E-state index is 12.3. The molecule has 13 heavy (non-hydrogen) atoms. The highest BCUT2D eigenvalue weighted by Crippen LogP contribution is 2.35. The van der Waals surface area contributed by atoms with E-state index in [2.05, 4.69) is 20.9 Å². The van der Waals surface area contributed by atoms with Crippen LogP contribution < -0.4 is 0 Å². The van der Waals surface area contributed by atoms with Gasteiger partial charge in [-0.3, -0.25) is 0 Å². The molecule has 3 nitrogen and oxygen atoms in total. The third-order valence-corrected chi connectivity index (χ3v) is 2.10. The van der Waals surface area contributed by atoms with Crippen LogP contribution in [-0.4, -0.2) is 15.2 Å². The van der Waals surface area contributed by atoms with Crippen LogP contribution in [0, 0.1) is 0 Å². The zero-order valence-electron chi connectivity index (χ0n) is 6.34. The molecule has 0 saturated carbocycles. The number of aliphatic hydroxyl groups is 1. The van der Waals surface area contributed by atoms with Gasteiger partial charge in [-0.05, 0) is 15.9 Å². The first kappa shape index (κ1) is 10.3. The second-order valence-corrected chi connectivity index (χ2v) is 3.05. The highest BCUT2D eigenvalue weighted by molar-refractivity contribution is 9.10. The molecule has 0 spiro atoms. The molecule has 0 unspecified atom stereocenters. The van der Waals surface area contributed by atoms with Crippen molar-refractivity contribution in [2.24, 2.45) is 0 Å². The van der Waals surface area contributed by atoms with Crippen LogP contribution in [0.2, 0.25) is 0 Å². The summed E-state index contributed by atoms with van der Waals surface area (Å²) in [6.07, 6.45) is -1.74. The normalized spacial score (nSPS) is 10.8. The summed E-state index contributed by atoms with van der Waals surface area (Å²) in [5.74, 6) is -0.624. The number of hydrogen-bond acceptors (Lipinski definition) is 3. The van der Waals surface area contributed by atoms with Gasteiger partial charge in [0, 0.05) is 11.8 Å². The smallest absolute Gasteiger partial charge is 0.267 e. The van der Waals surface area contributed by atoms with Crippen molar-refractivity contribution < 1.29 is 19.0 Å². The molecule has 72 valence electrons. The van der Waals surface area contributed by atoms with Gasteiger partial charge in [0.2, 0.25) is 0 Å². The highest BCUT2D eigenvalue weighted by Gasteiger charge is 2.20. The minimum absolute atomic E-state index is 0.0556. The Morgan fingerprint density at radius 3 is 2.62 bits per heavy atom. The van der Waals surface area contributed by atoms with E-state index in [0.29, 0.717) is 0 Å². The fourth-order valence-electron chi connectivity index (χ4n) is 0.898. The van der Waals surface area contributed by atoms with Crippen molar-refractivity contribution in [1.82, 2.24) is 4.98 Å². The first-order valence-electron chi connectivity index (χ1n) is 3.33. The fraction of sp³-hybridized carbons (Fsp3) is 0.286. The summed E-state index contributed by atoms with van der Waals surface area (Å²) in [5, 5.41) is 17.9. The average Bonchev–Trinajstić information content (AvgIpc) is 2.08. The fourth-order valence-corrected chi connectivity index (χ4v) is 1.21. The molecule has 1 aromatic rings. The molecule has 0 amide bonds. The van der Waals surface area contributed by atoms with E-state index in [9.17, 15) is 13.9 Å². The van der Waals surface area contributed by atoms with E-state index in [-0.39, 0.29) is 10.2 Å². The van der Waals surface area contributed by atoms with Crippen LogP contribution in [0.4, 0.5) is 8.78 Å². The summed E-state index contributed by atoms with van der Waals surface area (Å²) in [6, 6.07) is 0. The van der Waals surface area contributed by atoms with Gasteiger partial charge in [0.15, 0.2) is 5.75 Å². The lowest BCUT2D eigenvalue weighted by Crippen LogP contribution is -1.97. The molecule has 1 heterocycles. The maximum Gasteiger partial charge on any atom is 0.267 e. The van der Waals surface area contributed by atoms with Gasteiger partial charge in [0.1, 0.15) is 4.60 Å². The number of alkyl halides is 2. The predicted molar refractivity (Wildman–Crippen MR) is 44.5 cm³/mol. The van der Waals surface area contributed by atoms with E-state index in [0.717, 1.165) is 6.20 Å². The van der Waals surface area contributed by atoms with Gasteiger partial charge in [0.25, 0.3) is 6.43 Å². The van der Waals surface area contributed by atoms with Crippen LogP contribution in [-0.2, 0) is 6.61 Å². The number of aliphatic hydroxyl groups excluding tert-OH is 1. The molecule has 0 aliphatic rings. The van der Waals surface area contributed by atoms with Crippen molar-refractivity contribution in [2.45, 2.75) is 13.0 Å². The average molecular weight is 254 g/mol. The third kappa shape index (κ3) is 1.94. The van der Waals surface area contributed by atoms with Gasteiger partial charge in [-0.1, -0.05) is 0 Å². The minimum Gasteiger partial charge on any atom is -0.505 e. The van der Waals surface area contributed by atoms with Gasteiger partial charge >= 0.3 is 0 Å². The van der Waals surface area contributed by atoms with Gasteiger partial charge in [-0.15, -0.1) is 0 Å². The molecular weight excluding hydrogens is 248 g/mol. The minimum atomic E-state index is -2.83. The summed E-state index contributed by atoms with van der Waals surface area (Å²) in [7, 11) is 0. The molecular formula is C7H6BrF2NO2. The van der Waals surface area contributed by atoms with Gasteiger partial charge in [-0.2, -0.15) is 0 Å². The molecule has 0 aromatic carbocycles. The van der Waals surface area contributed by atoms with Crippen LogP contribution in [0.3, 0.4) is 0 Å². The molecule has 1 rings (SSSR count). The quantitative estimate of drug-likeness (QED) is 0.793. The molecule has 0 atom stereocenters. The summed E-state index contributed by atoms with van der Waals surface area (Å²) in [4.78, 5) is 3.57. The first-order valence-corrected chi connectivity index (χ1v) is 4.12. The number of pyridine rings is 1. The number of rotatable bonds is 2. The van der Waals surface area contributed by atoms with Crippen molar-refractivity contribution in [1.29, 1.82) is 0 Å². The zero-order valence-corrected chi connectivity index (χ0v) is 7.92. The molecule has 6 heteroatoms. The number of nitrogens with zero attached hydrogens (tertiary/aromatic N) is 1. The second kappa shape index (κ2) is 3.97. The van der Waals surface area contributed by atoms with E-state index in [1.165, 1.54) is 0 Å². The van der Waals surface area contributed by atoms with Crippen molar-refractivity contribution in [2.75, 3.05) is 0 Å². The summed E-state index contributed by atoms with van der Waals surface area (Å²) in [5.41, 5.74) is -0.653. The number of halogens is 3. The highest BCUT2D eigenvalue weighted by atomic mass is 79.9. The van der Waals surface area contributed by atoms with Crippen LogP contribution >= 0.6 is 15.9 Å².